The molecule has 0 unspecified atom stereocenters. The molecule has 0 radical (unpaired) electrons. The van der Waals surface area contributed by atoms with Gasteiger partial charge in [-0.25, -0.2) is 9.99 Å². The highest BCUT2D eigenvalue weighted by Gasteiger charge is 2.26. The van der Waals surface area contributed by atoms with Gasteiger partial charge < -0.3 is 0 Å². The largest absolute Gasteiger partial charge is 0.297 e. The van der Waals surface area contributed by atoms with E-state index in [2.05, 4.69) is 15.4 Å². The third-order valence-corrected chi connectivity index (χ3v) is 4.53. The molecule has 23 heavy (non-hydrogen) atoms. The number of thiazole rings is 1. The molecule has 0 saturated carbocycles. The molecule has 1 aromatic carbocycles. The minimum Gasteiger partial charge on any atom is -0.297 e. The van der Waals surface area contributed by atoms with Crippen LogP contribution in [0.5, 0.6) is 0 Å². The van der Waals surface area contributed by atoms with Crippen molar-refractivity contribution in [1.82, 2.24) is 4.98 Å². The average Bonchev–Trinajstić information content (AvgIpc) is 2.86. The molecule has 0 fully saturated rings. The monoisotopic (exact) mass is 328 g/mol. The number of carbonyl (C=O) groups is 2. The second-order valence-electron chi connectivity index (χ2n) is 5.20. The Hall–Kier alpha value is -2.54. The van der Waals surface area contributed by atoms with Crippen molar-refractivity contribution >= 4 is 39.7 Å². The van der Waals surface area contributed by atoms with E-state index in [1.807, 2.05) is 32.0 Å². The van der Waals surface area contributed by atoms with E-state index >= 15 is 0 Å². The standard InChI is InChI=1S/C16H16N4O2S/c1-10-11(2)23-16(17-10)18-15(22)13-8-9-14(21)20(19-13)12-6-4-3-5-7-12/h3-7H,8-9H2,1-2H3,(H,17,18,22). The van der Waals surface area contributed by atoms with Crippen LogP contribution >= 0.6 is 11.3 Å². The summed E-state index contributed by atoms with van der Waals surface area (Å²) in [6, 6.07) is 9.09. The number of nitrogens with one attached hydrogen (secondary N) is 1. The van der Waals surface area contributed by atoms with Gasteiger partial charge >= 0.3 is 0 Å². The molecule has 6 nitrogen and oxygen atoms in total. The van der Waals surface area contributed by atoms with E-state index in [9.17, 15) is 9.59 Å². The summed E-state index contributed by atoms with van der Waals surface area (Å²) in [5, 5.41) is 8.82. The molecule has 1 N–H and O–H groups in total. The van der Waals surface area contributed by atoms with Crippen LogP contribution < -0.4 is 10.3 Å². The maximum Gasteiger partial charge on any atom is 0.273 e. The van der Waals surface area contributed by atoms with Gasteiger partial charge in [0.05, 0.1) is 11.4 Å². The normalized spacial score (nSPS) is 14.6. The summed E-state index contributed by atoms with van der Waals surface area (Å²) in [6.45, 7) is 3.85. The van der Waals surface area contributed by atoms with Crippen LogP contribution in [0, 0.1) is 13.8 Å². The average molecular weight is 328 g/mol. The zero-order valence-corrected chi connectivity index (χ0v) is 13.7. The summed E-state index contributed by atoms with van der Waals surface area (Å²) in [7, 11) is 0. The lowest BCUT2D eigenvalue weighted by Crippen LogP contribution is -2.36. The van der Waals surface area contributed by atoms with Crippen molar-refractivity contribution in [2.75, 3.05) is 10.3 Å². The second-order valence-corrected chi connectivity index (χ2v) is 6.41. The highest BCUT2D eigenvalue weighted by atomic mass is 32.1. The lowest BCUT2D eigenvalue weighted by molar-refractivity contribution is -0.118. The molecule has 1 aromatic heterocycles. The summed E-state index contributed by atoms with van der Waals surface area (Å²) in [5.74, 6) is -0.430. The number of anilines is 2. The molecule has 3 rings (SSSR count). The third kappa shape index (κ3) is 3.29. The van der Waals surface area contributed by atoms with Gasteiger partial charge in [0, 0.05) is 17.7 Å². The Labute approximate surface area is 137 Å². The van der Waals surface area contributed by atoms with Gasteiger partial charge in [0.25, 0.3) is 5.91 Å². The van der Waals surface area contributed by atoms with Crippen LogP contribution in [0.2, 0.25) is 0 Å². The van der Waals surface area contributed by atoms with Gasteiger partial charge in [-0.3, -0.25) is 14.9 Å². The molecule has 7 heteroatoms. The predicted octanol–water partition coefficient (Wildman–Crippen LogP) is 2.88. The highest BCUT2D eigenvalue weighted by Crippen LogP contribution is 2.23. The van der Waals surface area contributed by atoms with Crippen molar-refractivity contribution in [2.45, 2.75) is 26.7 Å². The minimum atomic E-state index is -0.313. The summed E-state index contributed by atoms with van der Waals surface area (Å²) in [4.78, 5) is 29.8. The maximum atomic E-state index is 12.4. The summed E-state index contributed by atoms with van der Waals surface area (Å²) in [6.07, 6.45) is 0.592. The quantitative estimate of drug-likeness (QED) is 0.941. The maximum absolute atomic E-state index is 12.4. The van der Waals surface area contributed by atoms with E-state index in [-0.39, 0.29) is 18.2 Å². The molecule has 118 valence electrons. The first-order valence-corrected chi connectivity index (χ1v) is 8.07. The van der Waals surface area contributed by atoms with Crippen molar-refractivity contribution in [3.8, 4) is 0 Å². The first-order valence-electron chi connectivity index (χ1n) is 7.25. The molecule has 0 aliphatic carbocycles. The zero-order chi connectivity index (χ0) is 16.4. The number of aryl methyl sites for hydroxylation is 2. The van der Waals surface area contributed by atoms with E-state index in [1.165, 1.54) is 16.3 Å². The minimum absolute atomic E-state index is 0.117. The molecule has 1 aliphatic heterocycles. The topological polar surface area (TPSA) is 74.7 Å². The Bertz CT molecular complexity index is 763. The van der Waals surface area contributed by atoms with Crippen LogP contribution in [-0.2, 0) is 9.59 Å². The Balaban J connectivity index is 1.81. The van der Waals surface area contributed by atoms with Crippen molar-refractivity contribution in [1.29, 1.82) is 0 Å². The number of nitrogens with zero attached hydrogens (tertiary/aromatic N) is 3. The predicted molar refractivity (Wildman–Crippen MR) is 90.8 cm³/mol. The molecule has 0 saturated heterocycles. The van der Waals surface area contributed by atoms with E-state index in [0.29, 0.717) is 23.0 Å². The molecule has 0 spiro atoms. The molecule has 2 aromatic rings. The van der Waals surface area contributed by atoms with Gasteiger partial charge in [0.1, 0.15) is 5.71 Å². The highest BCUT2D eigenvalue weighted by molar-refractivity contribution is 7.15. The number of rotatable bonds is 3. The Kier molecular flexibility index (Phi) is 4.20. The third-order valence-electron chi connectivity index (χ3n) is 3.54. The second kappa shape index (κ2) is 6.29. The molecule has 0 bridgehead atoms. The summed E-state index contributed by atoms with van der Waals surface area (Å²) >= 11 is 1.43. The van der Waals surface area contributed by atoms with Crippen molar-refractivity contribution < 1.29 is 9.59 Å². The number of hydrazone groups is 1. The fourth-order valence-corrected chi connectivity index (χ4v) is 2.99. The molecule has 2 amide bonds. The van der Waals surface area contributed by atoms with E-state index in [1.54, 1.807) is 12.1 Å². The Morgan fingerprint density at radius 1 is 1.22 bits per heavy atom. The van der Waals surface area contributed by atoms with Crippen LogP contribution in [0.1, 0.15) is 23.4 Å². The fraction of sp³-hybridized carbons (Fsp3) is 0.250. The van der Waals surface area contributed by atoms with Crippen LogP contribution in [0.15, 0.2) is 35.4 Å². The number of aromatic nitrogens is 1. The number of para-hydroxylation sites is 1. The number of amides is 2. The van der Waals surface area contributed by atoms with Crippen molar-refractivity contribution in [2.24, 2.45) is 5.10 Å². The van der Waals surface area contributed by atoms with Gasteiger partial charge in [-0.05, 0) is 26.0 Å². The fourth-order valence-electron chi connectivity index (χ4n) is 2.18. The number of hydrogen-bond acceptors (Lipinski definition) is 5. The summed E-state index contributed by atoms with van der Waals surface area (Å²) < 4.78 is 0. The Morgan fingerprint density at radius 3 is 2.61 bits per heavy atom. The SMILES string of the molecule is Cc1nc(NC(=O)C2=NN(c3ccccc3)C(=O)CC2)sc1C. The van der Waals surface area contributed by atoms with Gasteiger partial charge in [-0.1, -0.05) is 18.2 Å². The number of carbonyl (C=O) groups excluding carboxylic acids is 2. The lowest BCUT2D eigenvalue weighted by atomic mass is 10.1. The van der Waals surface area contributed by atoms with Gasteiger partial charge in [0.15, 0.2) is 5.13 Å². The summed E-state index contributed by atoms with van der Waals surface area (Å²) in [5.41, 5.74) is 1.89. The van der Waals surface area contributed by atoms with E-state index in [4.69, 9.17) is 0 Å². The smallest absolute Gasteiger partial charge is 0.273 e. The van der Waals surface area contributed by atoms with Gasteiger partial charge in [-0.2, -0.15) is 5.10 Å². The van der Waals surface area contributed by atoms with E-state index in [0.717, 1.165) is 10.6 Å². The number of benzene rings is 1. The van der Waals surface area contributed by atoms with Crippen LogP contribution in [0.3, 0.4) is 0 Å². The number of hydrogen-bond donors (Lipinski definition) is 1. The first kappa shape index (κ1) is 15.4. The molecule has 1 aliphatic rings. The first-order chi connectivity index (χ1) is 11.0. The Morgan fingerprint density at radius 2 is 1.96 bits per heavy atom. The molecule has 2 heterocycles. The van der Waals surface area contributed by atoms with Crippen LogP contribution in [0.4, 0.5) is 10.8 Å². The van der Waals surface area contributed by atoms with E-state index < -0.39 is 0 Å². The van der Waals surface area contributed by atoms with Crippen LogP contribution in [-0.4, -0.2) is 22.5 Å². The van der Waals surface area contributed by atoms with Crippen LogP contribution in [0.25, 0.3) is 0 Å². The van der Waals surface area contributed by atoms with Gasteiger partial charge in [0.2, 0.25) is 5.91 Å². The molecular formula is C16H16N4O2S. The molecular weight excluding hydrogens is 312 g/mol. The molecule has 0 atom stereocenters. The zero-order valence-electron chi connectivity index (χ0n) is 12.9. The van der Waals surface area contributed by atoms with Crippen molar-refractivity contribution in [3.63, 3.8) is 0 Å². The van der Waals surface area contributed by atoms with Gasteiger partial charge in [-0.15, -0.1) is 11.3 Å². The lowest BCUT2D eigenvalue weighted by Gasteiger charge is -2.22. The van der Waals surface area contributed by atoms with Crippen molar-refractivity contribution in [3.05, 3.63) is 40.9 Å².